The van der Waals surface area contributed by atoms with Crippen molar-refractivity contribution in [1.29, 1.82) is 0 Å². The summed E-state index contributed by atoms with van der Waals surface area (Å²) >= 11 is 0. The van der Waals surface area contributed by atoms with E-state index in [4.69, 9.17) is 4.74 Å². The van der Waals surface area contributed by atoms with Gasteiger partial charge in [-0.2, -0.15) is 4.31 Å². The van der Waals surface area contributed by atoms with E-state index in [1.54, 1.807) is 31.2 Å². The van der Waals surface area contributed by atoms with Crippen molar-refractivity contribution in [3.63, 3.8) is 0 Å². The molecule has 27 heavy (non-hydrogen) atoms. The number of carbonyl (C=O) groups is 1. The average molecular weight is 389 g/mol. The molecule has 3 rings (SSSR count). The molecule has 1 aromatic heterocycles. The highest BCUT2D eigenvalue weighted by molar-refractivity contribution is 7.89. The monoisotopic (exact) mass is 389 g/mol. The predicted molar refractivity (Wildman–Crippen MR) is 103 cm³/mol. The van der Waals surface area contributed by atoms with Crippen molar-refractivity contribution >= 4 is 21.6 Å². The molecule has 1 aliphatic heterocycles. The zero-order valence-electron chi connectivity index (χ0n) is 15.4. The maximum atomic E-state index is 13.0. The molecule has 7 nitrogen and oxygen atoms in total. The van der Waals surface area contributed by atoms with Crippen LogP contribution in [0.3, 0.4) is 0 Å². The third-order valence-corrected chi connectivity index (χ3v) is 6.63. The second-order valence-corrected chi connectivity index (χ2v) is 8.39. The van der Waals surface area contributed by atoms with Crippen molar-refractivity contribution in [2.24, 2.45) is 0 Å². The first kappa shape index (κ1) is 19.3. The molecule has 0 bridgehead atoms. The minimum atomic E-state index is -3.61. The Morgan fingerprint density at radius 1 is 1.15 bits per heavy atom. The molecule has 1 aromatic carbocycles. The number of rotatable bonds is 5. The lowest BCUT2D eigenvalue weighted by molar-refractivity contribution is 0.102. The van der Waals surface area contributed by atoms with Gasteiger partial charge in [0.1, 0.15) is 0 Å². The number of nitrogens with zero attached hydrogens (tertiary/aromatic N) is 2. The fourth-order valence-corrected chi connectivity index (χ4v) is 4.81. The van der Waals surface area contributed by atoms with Crippen LogP contribution in [0.2, 0.25) is 0 Å². The Bertz CT molecular complexity index is 920. The van der Waals surface area contributed by atoms with Gasteiger partial charge in [-0.05, 0) is 43.5 Å². The Hall–Kier alpha value is -2.45. The summed E-state index contributed by atoms with van der Waals surface area (Å²) < 4.78 is 32.5. The number of carbonyl (C=O) groups excluding carboxylic acids is 1. The summed E-state index contributed by atoms with van der Waals surface area (Å²) in [6.45, 7) is 2.79. The number of amides is 1. The molecule has 0 saturated carbocycles. The highest BCUT2D eigenvalue weighted by Gasteiger charge is 2.28. The van der Waals surface area contributed by atoms with Gasteiger partial charge in [-0.15, -0.1) is 0 Å². The fraction of sp³-hybridized carbons (Fsp3) is 0.368. The van der Waals surface area contributed by atoms with Crippen LogP contribution in [-0.4, -0.2) is 43.8 Å². The third-order valence-electron chi connectivity index (χ3n) is 4.59. The van der Waals surface area contributed by atoms with Gasteiger partial charge in [0.2, 0.25) is 15.9 Å². The van der Waals surface area contributed by atoms with Gasteiger partial charge in [0.25, 0.3) is 5.91 Å². The lowest BCUT2D eigenvalue weighted by Gasteiger charge is -2.26. The van der Waals surface area contributed by atoms with Gasteiger partial charge in [0.05, 0.1) is 23.9 Å². The third kappa shape index (κ3) is 4.28. The van der Waals surface area contributed by atoms with Crippen LogP contribution in [-0.2, 0) is 10.0 Å². The summed E-state index contributed by atoms with van der Waals surface area (Å²) in [7, 11) is -2.10. The molecule has 0 unspecified atom stereocenters. The first-order valence-corrected chi connectivity index (χ1v) is 10.3. The fourth-order valence-electron chi connectivity index (χ4n) is 3.04. The zero-order chi connectivity index (χ0) is 19.4. The molecule has 2 heterocycles. The van der Waals surface area contributed by atoms with Gasteiger partial charge >= 0.3 is 0 Å². The number of aryl methyl sites for hydroxylation is 1. The molecule has 0 atom stereocenters. The van der Waals surface area contributed by atoms with Crippen LogP contribution in [0.1, 0.15) is 35.2 Å². The lowest BCUT2D eigenvalue weighted by atomic mass is 10.1. The number of methoxy groups -OCH3 is 1. The van der Waals surface area contributed by atoms with Crippen LogP contribution in [0, 0.1) is 6.92 Å². The molecule has 1 amide bonds. The summed E-state index contributed by atoms with van der Waals surface area (Å²) in [6, 6.07) is 8.04. The largest absolute Gasteiger partial charge is 0.481 e. The maximum absolute atomic E-state index is 13.0. The van der Waals surface area contributed by atoms with Crippen LogP contribution >= 0.6 is 0 Å². The second kappa shape index (κ2) is 8.06. The highest BCUT2D eigenvalue weighted by Crippen LogP contribution is 2.25. The molecule has 1 N–H and O–H groups in total. The molecule has 2 aromatic rings. The van der Waals surface area contributed by atoms with Gasteiger partial charge < -0.3 is 10.1 Å². The van der Waals surface area contributed by atoms with Crippen LogP contribution in [0.4, 0.5) is 5.69 Å². The van der Waals surface area contributed by atoms with Crippen molar-refractivity contribution in [2.75, 3.05) is 25.5 Å². The molecule has 0 radical (unpaired) electrons. The van der Waals surface area contributed by atoms with E-state index in [1.165, 1.54) is 23.7 Å². The first-order valence-electron chi connectivity index (χ1n) is 8.84. The molecule has 1 saturated heterocycles. The van der Waals surface area contributed by atoms with E-state index in [1.807, 2.05) is 0 Å². The normalized spacial score (nSPS) is 15.3. The summed E-state index contributed by atoms with van der Waals surface area (Å²) in [6.07, 6.45) is 4.26. The molecular weight excluding hydrogens is 366 g/mol. The number of hydrogen-bond donors (Lipinski definition) is 1. The van der Waals surface area contributed by atoms with Gasteiger partial charge in [0.15, 0.2) is 0 Å². The summed E-state index contributed by atoms with van der Waals surface area (Å²) in [5.74, 6) is 0.0512. The summed E-state index contributed by atoms with van der Waals surface area (Å²) in [5, 5.41) is 2.72. The number of ether oxygens (including phenoxy) is 1. The van der Waals surface area contributed by atoms with E-state index in [0.717, 1.165) is 19.3 Å². The molecule has 8 heteroatoms. The van der Waals surface area contributed by atoms with E-state index in [0.29, 0.717) is 30.2 Å². The topological polar surface area (TPSA) is 88.6 Å². The molecule has 0 aliphatic carbocycles. The SMILES string of the molecule is COc1ccc(NC(=O)c2ccc(C)c(S(=O)(=O)N3CCCCC3)c2)cn1. The first-order chi connectivity index (χ1) is 12.9. The van der Waals surface area contributed by atoms with E-state index in [-0.39, 0.29) is 10.5 Å². The van der Waals surface area contributed by atoms with Crippen molar-refractivity contribution in [3.05, 3.63) is 47.7 Å². The summed E-state index contributed by atoms with van der Waals surface area (Å²) in [4.78, 5) is 16.8. The summed E-state index contributed by atoms with van der Waals surface area (Å²) in [5.41, 5.74) is 1.41. The molecule has 0 spiro atoms. The standard InChI is InChI=1S/C19H23N3O4S/c1-14-6-7-15(19(23)21-16-8-9-18(26-2)20-13-16)12-17(14)27(24,25)22-10-4-3-5-11-22/h6-9,12-13H,3-5,10-11H2,1-2H3,(H,21,23). The van der Waals surface area contributed by atoms with Crippen molar-refractivity contribution in [3.8, 4) is 5.88 Å². The number of pyridine rings is 1. The van der Waals surface area contributed by atoms with Gasteiger partial charge in [-0.1, -0.05) is 12.5 Å². The quantitative estimate of drug-likeness (QED) is 0.849. The molecule has 144 valence electrons. The lowest BCUT2D eigenvalue weighted by Crippen LogP contribution is -2.36. The van der Waals surface area contributed by atoms with Gasteiger partial charge in [0, 0.05) is 24.7 Å². The van der Waals surface area contributed by atoms with Crippen molar-refractivity contribution in [1.82, 2.24) is 9.29 Å². The van der Waals surface area contributed by atoms with Crippen molar-refractivity contribution < 1.29 is 17.9 Å². The average Bonchev–Trinajstić information content (AvgIpc) is 2.69. The Balaban J connectivity index is 1.84. The number of anilines is 1. The van der Waals surface area contributed by atoms with Gasteiger partial charge in [-0.3, -0.25) is 4.79 Å². The molecule has 1 aliphatic rings. The Kier molecular flexibility index (Phi) is 5.76. The Morgan fingerprint density at radius 2 is 1.89 bits per heavy atom. The van der Waals surface area contributed by atoms with Crippen LogP contribution in [0.25, 0.3) is 0 Å². The molecular formula is C19H23N3O4S. The number of nitrogens with one attached hydrogen (secondary N) is 1. The van der Waals surface area contributed by atoms with Crippen LogP contribution < -0.4 is 10.1 Å². The second-order valence-electron chi connectivity index (χ2n) is 6.49. The smallest absolute Gasteiger partial charge is 0.255 e. The number of piperidine rings is 1. The Morgan fingerprint density at radius 3 is 2.52 bits per heavy atom. The Labute approximate surface area is 159 Å². The predicted octanol–water partition coefficient (Wildman–Crippen LogP) is 2.83. The number of benzene rings is 1. The number of aromatic nitrogens is 1. The van der Waals surface area contributed by atoms with E-state index in [2.05, 4.69) is 10.3 Å². The van der Waals surface area contributed by atoms with E-state index in [9.17, 15) is 13.2 Å². The van der Waals surface area contributed by atoms with Crippen LogP contribution in [0.15, 0.2) is 41.4 Å². The van der Waals surface area contributed by atoms with E-state index >= 15 is 0 Å². The van der Waals surface area contributed by atoms with Crippen LogP contribution in [0.5, 0.6) is 5.88 Å². The minimum Gasteiger partial charge on any atom is -0.481 e. The number of sulfonamides is 1. The molecule has 1 fully saturated rings. The zero-order valence-corrected chi connectivity index (χ0v) is 16.3. The maximum Gasteiger partial charge on any atom is 0.255 e. The van der Waals surface area contributed by atoms with Crippen molar-refractivity contribution in [2.45, 2.75) is 31.1 Å². The number of hydrogen-bond acceptors (Lipinski definition) is 5. The minimum absolute atomic E-state index is 0.185. The van der Waals surface area contributed by atoms with Gasteiger partial charge in [-0.25, -0.2) is 13.4 Å². The highest BCUT2D eigenvalue weighted by atomic mass is 32.2. The van der Waals surface area contributed by atoms with E-state index < -0.39 is 15.9 Å².